The summed E-state index contributed by atoms with van der Waals surface area (Å²) in [4.78, 5) is 11.8. The lowest BCUT2D eigenvalue weighted by molar-refractivity contribution is -0.645. The average molecular weight is 375 g/mol. The van der Waals surface area contributed by atoms with E-state index in [0.717, 1.165) is 0 Å². The zero-order valence-electron chi connectivity index (χ0n) is 14.0. The highest BCUT2D eigenvalue weighted by Gasteiger charge is 2.24. The summed E-state index contributed by atoms with van der Waals surface area (Å²) in [5.74, 6) is -1.24. The molecule has 8 heteroatoms. The summed E-state index contributed by atoms with van der Waals surface area (Å²) in [7, 11) is -2.61. The molecule has 136 valence electrons. The van der Waals surface area contributed by atoms with Gasteiger partial charge in [-0.1, -0.05) is 18.2 Å². The Morgan fingerprint density at radius 3 is 2.50 bits per heavy atom. The van der Waals surface area contributed by atoms with Crippen LogP contribution in [0.25, 0.3) is 21.8 Å². The van der Waals surface area contributed by atoms with Crippen LogP contribution in [-0.2, 0) is 16.7 Å². The molecule has 0 fully saturated rings. The third-order valence-electron chi connectivity index (χ3n) is 4.21. The van der Waals surface area contributed by atoms with Gasteiger partial charge in [0.15, 0.2) is 12.3 Å². The molecular weight excluding hydrogens is 358 g/mol. The van der Waals surface area contributed by atoms with Gasteiger partial charge in [0.1, 0.15) is 0 Å². The molecule has 2 aromatic carbocycles. The van der Waals surface area contributed by atoms with Crippen molar-refractivity contribution < 1.29 is 32.2 Å². The van der Waals surface area contributed by atoms with E-state index in [1.165, 1.54) is 7.11 Å². The fourth-order valence-electron chi connectivity index (χ4n) is 3.21. The van der Waals surface area contributed by atoms with Gasteiger partial charge in [0.25, 0.3) is 15.6 Å². The first-order chi connectivity index (χ1) is 12.3. The van der Waals surface area contributed by atoms with Crippen LogP contribution in [0, 0.1) is 0 Å². The van der Waals surface area contributed by atoms with Crippen molar-refractivity contribution in [1.29, 1.82) is 0 Å². The zero-order valence-corrected chi connectivity index (χ0v) is 14.8. The second-order valence-electron chi connectivity index (χ2n) is 5.83. The number of nitrogens with zero attached hydrogens (tertiary/aromatic N) is 1. The second kappa shape index (κ2) is 6.89. The summed E-state index contributed by atoms with van der Waals surface area (Å²) < 4.78 is 38.3. The van der Waals surface area contributed by atoms with E-state index < -0.39 is 21.8 Å². The maximum absolute atomic E-state index is 11.8. The number of pyridine rings is 1. The number of carbonyl (C=O) groups is 1. The van der Waals surface area contributed by atoms with Crippen molar-refractivity contribution in [2.75, 3.05) is 12.9 Å². The van der Waals surface area contributed by atoms with Crippen molar-refractivity contribution in [1.82, 2.24) is 0 Å². The molecule has 26 heavy (non-hydrogen) atoms. The molecule has 0 unspecified atom stereocenters. The quantitative estimate of drug-likeness (QED) is 0.390. The minimum atomic E-state index is -4.09. The van der Waals surface area contributed by atoms with E-state index in [-0.39, 0.29) is 18.5 Å². The second-order valence-corrected chi connectivity index (χ2v) is 7.40. The van der Waals surface area contributed by atoms with Crippen molar-refractivity contribution >= 4 is 37.9 Å². The van der Waals surface area contributed by atoms with Crippen molar-refractivity contribution in [2.24, 2.45) is 0 Å². The summed E-state index contributed by atoms with van der Waals surface area (Å²) in [6.45, 7) is 0.254. The highest BCUT2D eigenvalue weighted by molar-refractivity contribution is 7.85. The lowest BCUT2D eigenvalue weighted by Crippen LogP contribution is -2.38. The molecule has 0 saturated heterocycles. The number of carboxylic acids is 1. The highest BCUT2D eigenvalue weighted by atomic mass is 32.2. The number of aryl methyl sites for hydroxylation is 1. The number of ether oxygens (including phenoxy) is 1. The topological polar surface area (TPSA) is 108 Å². The van der Waals surface area contributed by atoms with Crippen molar-refractivity contribution in [3.8, 4) is 5.75 Å². The van der Waals surface area contributed by atoms with Crippen LogP contribution in [0.15, 0.2) is 42.5 Å². The smallest absolute Gasteiger partial charge is 0.265 e. The molecule has 0 atom stereocenters. The van der Waals surface area contributed by atoms with Gasteiger partial charge in [-0.15, -0.1) is 0 Å². The first-order valence-electron chi connectivity index (χ1n) is 7.91. The summed E-state index contributed by atoms with van der Waals surface area (Å²) in [6, 6.07) is 12.0. The Balaban J connectivity index is 2.36. The lowest BCUT2D eigenvalue weighted by atomic mass is 10.0. The van der Waals surface area contributed by atoms with Crippen molar-refractivity contribution in [3.05, 3.63) is 48.0 Å². The van der Waals surface area contributed by atoms with Crippen LogP contribution in [0.1, 0.15) is 16.8 Å². The van der Waals surface area contributed by atoms with E-state index in [1.807, 2.05) is 0 Å². The summed E-state index contributed by atoms with van der Waals surface area (Å²) >= 11 is 0. The van der Waals surface area contributed by atoms with E-state index in [0.29, 0.717) is 27.6 Å². The van der Waals surface area contributed by atoms with Gasteiger partial charge in [0, 0.05) is 18.1 Å². The fraction of sp³-hybridized carbons (Fsp3) is 0.222. The zero-order chi connectivity index (χ0) is 18.9. The van der Waals surface area contributed by atoms with E-state index in [9.17, 15) is 18.3 Å². The number of aromatic carboxylic acids is 1. The van der Waals surface area contributed by atoms with Gasteiger partial charge < -0.3 is 14.6 Å². The third kappa shape index (κ3) is 3.33. The maximum Gasteiger partial charge on any atom is 0.265 e. The fourth-order valence-corrected chi connectivity index (χ4v) is 3.70. The van der Waals surface area contributed by atoms with Crippen LogP contribution in [0.3, 0.4) is 0 Å². The molecule has 1 heterocycles. The number of hydrogen-bond acceptors (Lipinski definition) is 5. The van der Waals surface area contributed by atoms with Crippen LogP contribution in [0.4, 0.5) is 0 Å². The van der Waals surface area contributed by atoms with E-state index in [2.05, 4.69) is 0 Å². The number of para-hydroxylation sites is 2. The Morgan fingerprint density at radius 2 is 1.85 bits per heavy atom. The van der Waals surface area contributed by atoms with Gasteiger partial charge in [0.2, 0.25) is 5.52 Å². The summed E-state index contributed by atoms with van der Waals surface area (Å²) in [5.41, 5.74) is 1.20. The van der Waals surface area contributed by atoms with Gasteiger partial charge in [0.05, 0.1) is 29.6 Å². The third-order valence-corrected chi connectivity index (χ3v) is 5.02. The summed E-state index contributed by atoms with van der Waals surface area (Å²) in [5, 5.41) is 12.7. The van der Waals surface area contributed by atoms with Gasteiger partial charge in [-0.05, 0) is 18.2 Å². The first-order valence-corrected chi connectivity index (χ1v) is 9.52. The number of rotatable bonds is 6. The lowest BCUT2D eigenvalue weighted by Gasteiger charge is -2.14. The molecule has 0 radical (unpaired) electrons. The molecule has 0 saturated carbocycles. The number of methoxy groups -OCH3 is 1. The largest absolute Gasteiger partial charge is 0.545 e. The van der Waals surface area contributed by atoms with Crippen LogP contribution in [0.2, 0.25) is 0 Å². The van der Waals surface area contributed by atoms with Crippen LogP contribution in [0.5, 0.6) is 5.75 Å². The predicted molar refractivity (Wildman–Crippen MR) is 93.6 cm³/mol. The highest BCUT2D eigenvalue weighted by Crippen LogP contribution is 2.30. The first kappa shape index (κ1) is 18.1. The normalized spacial score (nSPS) is 11.8. The Morgan fingerprint density at radius 1 is 1.15 bits per heavy atom. The summed E-state index contributed by atoms with van der Waals surface area (Å²) in [6.07, 6.45) is 0.158. The number of hydrogen-bond donors (Lipinski definition) is 1. The Labute approximate surface area is 150 Å². The van der Waals surface area contributed by atoms with Crippen LogP contribution < -0.4 is 14.4 Å². The SMILES string of the molecule is COc1cccc2c(C(=O)[O-])c3ccccc3[n+](CCCS(=O)(=O)O)c12. The molecule has 0 aliphatic heterocycles. The Hall–Kier alpha value is -2.71. The minimum Gasteiger partial charge on any atom is -0.545 e. The molecule has 1 aromatic heterocycles. The molecule has 0 aliphatic carbocycles. The molecular formula is C18H17NO6S. The van der Waals surface area contributed by atoms with E-state index in [4.69, 9.17) is 9.29 Å². The molecule has 3 rings (SSSR count). The van der Waals surface area contributed by atoms with Gasteiger partial charge >= 0.3 is 0 Å². The molecule has 3 aromatic rings. The van der Waals surface area contributed by atoms with Gasteiger partial charge in [-0.2, -0.15) is 13.0 Å². The van der Waals surface area contributed by atoms with Crippen molar-refractivity contribution in [3.63, 3.8) is 0 Å². The number of fused-ring (bicyclic) bond motifs is 2. The number of benzene rings is 2. The van der Waals surface area contributed by atoms with Crippen molar-refractivity contribution in [2.45, 2.75) is 13.0 Å². The number of carboxylic acid groups (broad SMARTS) is 1. The molecule has 7 nitrogen and oxygen atoms in total. The monoisotopic (exact) mass is 375 g/mol. The minimum absolute atomic E-state index is 0.0560. The Kier molecular flexibility index (Phi) is 4.80. The van der Waals surface area contributed by atoms with Crippen LogP contribution in [-0.4, -0.2) is 31.8 Å². The number of aromatic nitrogens is 1. The Bertz CT molecular complexity index is 1110. The average Bonchev–Trinajstić information content (AvgIpc) is 2.59. The molecule has 0 spiro atoms. The molecule has 0 amide bonds. The molecule has 0 bridgehead atoms. The predicted octanol–water partition coefficient (Wildman–Crippen LogP) is 0.931. The van der Waals surface area contributed by atoms with E-state index in [1.54, 1.807) is 47.0 Å². The van der Waals surface area contributed by atoms with Gasteiger partial charge in [-0.3, -0.25) is 4.55 Å². The number of carbonyl (C=O) groups excluding carboxylic acids is 1. The van der Waals surface area contributed by atoms with E-state index >= 15 is 0 Å². The molecule has 1 N–H and O–H groups in total. The van der Waals surface area contributed by atoms with Crippen LogP contribution >= 0.6 is 0 Å². The maximum atomic E-state index is 11.8. The standard InChI is InChI=1S/C18H17NO6S/c1-25-15-9-4-7-13-16(18(20)21)12-6-2-3-8-14(12)19(17(13)15)10-5-11-26(22,23)24/h2-4,6-9H,5,10-11H2,1H3,(H-,20,21,22,23,24). The molecule has 0 aliphatic rings. The van der Waals surface area contributed by atoms with Gasteiger partial charge in [-0.25, -0.2) is 0 Å².